The molecule has 1 aromatic rings. The summed E-state index contributed by atoms with van der Waals surface area (Å²) in [4.78, 5) is 11.2. The Hall–Kier alpha value is -0.980. The SMILES string of the molecule is CC(N)CSCc1ccoc1C(=O)NN. The number of furan rings is 1. The first-order valence-electron chi connectivity index (χ1n) is 4.55. The maximum absolute atomic E-state index is 11.2. The summed E-state index contributed by atoms with van der Waals surface area (Å²) in [6.07, 6.45) is 1.48. The molecule has 6 heteroatoms. The average molecular weight is 229 g/mol. The first-order valence-corrected chi connectivity index (χ1v) is 5.71. The summed E-state index contributed by atoms with van der Waals surface area (Å²) < 4.78 is 5.04. The Morgan fingerprint density at radius 2 is 2.47 bits per heavy atom. The lowest BCUT2D eigenvalue weighted by molar-refractivity contribution is 0.0925. The molecule has 0 aliphatic rings. The minimum Gasteiger partial charge on any atom is -0.459 e. The molecule has 1 atom stereocenters. The van der Waals surface area contributed by atoms with Crippen molar-refractivity contribution >= 4 is 17.7 Å². The second-order valence-electron chi connectivity index (χ2n) is 3.24. The lowest BCUT2D eigenvalue weighted by Gasteiger charge is -2.04. The summed E-state index contributed by atoms with van der Waals surface area (Å²) in [5, 5.41) is 0. The summed E-state index contributed by atoms with van der Waals surface area (Å²) >= 11 is 1.66. The average Bonchev–Trinajstić information content (AvgIpc) is 2.64. The fourth-order valence-corrected chi connectivity index (χ4v) is 2.01. The zero-order valence-electron chi connectivity index (χ0n) is 8.53. The van der Waals surface area contributed by atoms with E-state index in [0.29, 0.717) is 5.75 Å². The number of nitrogen functional groups attached to an aromatic ring is 1. The molecule has 15 heavy (non-hydrogen) atoms. The van der Waals surface area contributed by atoms with E-state index in [0.717, 1.165) is 11.3 Å². The molecule has 0 spiro atoms. The molecule has 5 N–H and O–H groups in total. The third-order valence-electron chi connectivity index (χ3n) is 1.72. The van der Waals surface area contributed by atoms with Crippen LogP contribution >= 0.6 is 11.8 Å². The van der Waals surface area contributed by atoms with Gasteiger partial charge in [0.15, 0.2) is 5.76 Å². The van der Waals surface area contributed by atoms with Crippen molar-refractivity contribution in [2.75, 3.05) is 5.75 Å². The lowest BCUT2D eigenvalue weighted by Crippen LogP contribution is -2.30. The van der Waals surface area contributed by atoms with Crippen LogP contribution in [0.4, 0.5) is 0 Å². The van der Waals surface area contributed by atoms with Crippen LogP contribution in [0.3, 0.4) is 0 Å². The number of carbonyl (C=O) groups excluding carboxylic acids is 1. The van der Waals surface area contributed by atoms with Crippen molar-refractivity contribution in [2.24, 2.45) is 11.6 Å². The molecule has 0 saturated heterocycles. The van der Waals surface area contributed by atoms with E-state index in [1.807, 2.05) is 12.3 Å². The maximum Gasteiger partial charge on any atom is 0.301 e. The highest BCUT2D eigenvalue weighted by molar-refractivity contribution is 7.98. The Labute approximate surface area is 92.5 Å². The molecule has 1 amide bonds. The third kappa shape index (κ3) is 3.58. The number of rotatable bonds is 5. The van der Waals surface area contributed by atoms with E-state index >= 15 is 0 Å². The fourth-order valence-electron chi connectivity index (χ4n) is 1.07. The van der Waals surface area contributed by atoms with Crippen molar-refractivity contribution in [2.45, 2.75) is 18.7 Å². The van der Waals surface area contributed by atoms with Gasteiger partial charge in [-0.3, -0.25) is 10.2 Å². The largest absolute Gasteiger partial charge is 0.459 e. The van der Waals surface area contributed by atoms with Crippen molar-refractivity contribution in [3.8, 4) is 0 Å². The number of hydrogen-bond acceptors (Lipinski definition) is 5. The van der Waals surface area contributed by atoms with Gasteiger partial charge in [-0.25, -0.2) is 5.84 Å². The van der Waals surface area contributed by atoms with Gasteiger partial charge in [0.05, 0.1) is 6.26 Å². The van der Waals surface area contributed by atoms with Gasteiger partial charge in [0.2, 0.25) is 0 Å². The molecule has 0 saturated carbocycles. The first kappa shape index (κ1) is 12.1. The van der Waals surface area contributed by atoms with E-state index < -0.39 is 5.91 Å². The smallest absolute Gasteiger partial charge is 0.301 e. The predicted octanol–water partition coefficient (Wildman–Crippen LogP) is 0.464. The van der Waals surface area contributed by atoms with Crippen molar-refractivity contribution < 1.29 is 9.21 Å². The number of hydrazine groups is 1. The van der Waals surface area contributed by atoms with E-state index in [1.165, 1.54) is 6.26 Å². The molecule has 1 rings (SSSR count). The topological polar surface area (TPSA) is 94.3 Å². The van der Waals surface area contributed by atoms with E-state index in [2.05, 4.69) is 0 Å². The standard InChI is InChI=1S/C9H15N3O2S/c1-6(10)4-15-5-7-2-3-14-8(7)9(13)12-11/h2-3,6H,4-5,10-11H2,1H3,(H,12,13). The van der Waals surface area contributed by atoms with Gasteiger partial charge in [-0.05, 0) is 13.0 Å². The maximum atomic E-state index is 11.2. The normalized spacial score (nSPS) is 12.5. The monoisotopic (exact) mass is 229 g/mol. The first-order chi connectivity index (χ1) is 7.15. The molecule has 0 fully saturated rings. The number of hydrogen-bond donors (Lipinski definition) is 3. The van der Waals surface area contributed by atoms with Crippen LogP contribution in [0.25, 0.3) is 0 Å². The Balaban J connectivity index is 2.54. The molecule has 0 radical (unpaired) electrons. The summed E-state index contributed by atoms with van der Waals surface area (Å²) in [7, 11) is 0. The summed E-state index contributed by atoms with van der Waals surface area (Å²) in [6.45, 7) is 1.94. The predicted molar refractivity (Wildman–Crippen MR) is 60.2 cm³/mol. The van der Waals surface area contributed by atoms with Gasteiger partial charge >= 0.3 is 5.91 Å². The molecule has 84 valence electrons. The van der Waals surface area contributed by atoms with Crippen LogP contribution in [-0.2, 0) is 5.75 Å². The van der Waals surface area contributed by atoms with Gasteiger partial charge in [0.1, 0.15) is 0 Å². The van der Waals surface area contributed by atoms with Crippen LogP contribution in [-0.4, -0.2) is 17.7 Å². The second kappa shape index (κ2) is 5.79. The Kier molecular flexibility index (Phi) is 4.67. The van der Waals surface area contributed by atoms with Gasteiger partial charge in [-0.1, -0.05) is 0 Å². The van der Waals surface area contributed by atoms with Crippen LogP contribution < -0.4 is 17.0 Å². The van der Waals surface area contributed by atoms with Gasteiger partial charge in [0.25, 0.3) is 0 Å². The van der Waals surface area contributed by atoms with Crippen molar-refractivity contribution in [3.63, 3.8) is 0 Å². The summed E-state index contributed by atoms with van der Waals surface area (Å²) in [5.74, 6) is 6.43. The van der Waals surface area contributed by atoms with Crippen LogP contribution in [0.5, 0.6) is 0 Å². The zero-order valence-corrected chi connectivity index (χ0v) is 9.34. The van der Waals surface area contributed by atoms with Crippen LogP contribution in [0.2, 0.25) is 0 Å². The highest BCUT2D eigenvalue weighted by Gasteiger charge is 2.13. The lowest BCUT2D eigenvalue weighted by atomic mass is 10.3. The number of thioether (sulfide) groups is 1. The highest BCUT2D eigenvalue weighted by Crippen LogP contribution is 2.18. The second-order valence-corrected chi connectivity index (χ2v) is 4.27. The molecule has 0 bridgehead atoms. The third-order valence-corrected chi connectivity index (χ3v) is 3.00. The van der Waals surface area contributed by atoms with Gasteiger partial charge < -0.3 is 10.2 Å². The quantitative estimate of drug-likeness (QED) is 0.387. The zero-order chi connectivity index (χ0) is 11.3. The summed E-state index contributed by atoms with van der Waals surface area (Å²) in [5.41, 5.74) is 8.49. The van der Waals surface area contributed by atoms with Crippen LogP contribution in [0.15, 0.2) is 16.7 Å². The minimum absolute atomic E-state index is 0.147. The molecule has 0 aliphatic heterocycles. The van der Waals surface area contributed by atoms with Crippen molar-refractivity contribution in [1.29, 1.82) is 0 Å². The molecular weight excluding hydrogens is 214 g/mol. The minimum atomic E-state index is -0.406. The van der Waals surface area contributed by atoms with Gasteiger partial charge in [-0.15, -0.1) is 0 Å². The number of amides is 1. The highest BCUT2D eigenvalue weighted by atomic mass is 32.2. The molecule has 1 aromatic heterocycles. The Morgan fingerprint density at radius 3 is 3.07 bits per heavy atom. The fraction of sp³-hybridized carbons (Fsp3) is 0.444. The number of nitrogens with two attached hydrogens (primary N) is 2. The van der Waals surface area contributed by atoms with Crippen LogP contribution in [0, 0.1) is 0 Å². The molecule has 1 heterocycles. The van der Waals surface area contributed by atoms with Crippen LogP contribution in [0.1, 0.15) is 23.0 Å². The van der Waals surface area contributed by atoms with E-state index in [4.69, 9.17) is 16.0 Å². The van der Waals surface area contributed by atoms with Gasteiger partial charge in [0, 0.05) is 23.1 Å². The summed E-state index contributed by atoms with van der Waals surface area (Å²) in [6, 6.07) is 1.91. The molecule has 0 aromatic carbocycles. The number of nitrogens with one attached hydrogen (secondary N) is 1. The molecule has 5 nitrogen and oxygen atoms in total. The molecule has 0 aliphatic carbocycles. The van der Waals surface area contributed by atoms with Crippen molar-refractivity contribution in [1.82, 2.24) is 5.43 Å². The Bertz CT molecular complexity index is 325. The number of carbonyl (C=O) groups is 1. The van der Waals surface area contributed by atoms with E-state index in [9.17, 15) is 4.79 Å². The molecular formula is C9H15N3O2S. The Morgan fingerprint density at radius 1 is 1.73 bits per heavy atom. The van der Waals surface area contributed by atoms with E-state index in [-0.39, 0.29) is 11.8 Å². The van der Waals surface area contributed by atoms with Crippen molar-refractivity contribution in [3.05, 3.63) is 23.7 Å². The van der Waals surface area contributed by atoms with Gasteiger partial charge in [-0.2, -0.15) is 11.8 Å². The van der Waals surface area contributed by atoms with E-state index in [1.54, 1.807) is 17.8 Å². The molecule has 1 unspecified atom stereocenters.